The van der Waals surface area contributed by atoms with Gasteiger partial charge in [0.2, 0.25) is 0 Å². The van der Waals surface area contributed by atoms with Crippen LogP contribution in [0.25, 0.3) is 0 Å². The smallest absolute Gasteiger partial charge is 0.0594 e. The molecule has 0 amide bonds. The lowest BCUT2D eigenvalue weighted by atomic mass is 9.38. The Morgan fingerprint density at radius 3 is 2.10 bits per heavy atom. The molecule has 0 radical (unpaired) electrons. The van der Waals surface area contributed by atoms with E-state index >= 15 is 0 Å². The number of hydrogen-bond donors (Lipinski definition) is 1. The maximum atomic E-state index is 10.8. The van der Waals surface area contributed by atoms with Crippen LogP contribution in [0.1, 0.15) is 126 Å². The van der Waals surface area contributed by atoms with Gasteiger partial charge in [0.1, 0.15) is 0 Å². The molecule has 4 fully saturated rings. The molecule has 1 nitrogen and oxygen atoms in total. The molecule has 0 aromatic heterocycles. The van der Waals surface area contributed by atoms with Gasteiger partial charge < -0.3 is 5.11 Å². The third kappa shape index (κ3) is 3.49. The van der Waals surface area contributed by atoms with Crippen molar-refractivity contribution in [2.75, 3.05) is 0 Å². The summed E-state index contributed by atoms with van der Waals surface area (Å²) in [6.45, 7) is 20.2. The zero-order valence-electron chi connectivity index (χ0n) is 22.3. The Balaban J connectivity index is 1.56. The largest absolute Gasteiger partial charge is 0.393 e. The molecule has 9 atom stereocenters. The van der Waals surface area contributed by atoms with Gasteiger partial charge in [0.15, 0.2) is 0 Å². The molecule has 0 bridgehead atoms. The Kier molecular flexibility index (Phi) is 6.24. The number of aliphatic hydroxyl groups is 1. The molecule has 4 saturated carbocycles. The summed E-state index contributed by atoms with van der Waals surface area (Å²) in [5, 5.41) is 10.8. The van der Waals surface area contributed by atoms with Gasteiger partial charge in [-0.3, -0.25) is 0 Å². The van der Waals surface area contributed by atoms with Crippen molar-refractivity contribution >= 4 is 0 Å². The molecule has 180 valence electrons. The van der Waals surface area contributed by atoms with Crippen LogP contribution in [0.4, 0.5) is 0 Å². The van der Waals surface area contributed by atoms with Gasteiger partial charge in [-0.2, -0.15) is 0 Å². The molecule has 1 N–H and O–H groups in total. The monoisotopic (exact) mass is 430 g/mol. The highest BCUT2D eigenvalue weighted by Gasteiger charge is 2.67. The van der Waals surface area contributed by atoms with Crippen molar-refractivity contribution in [2.45, 2.75) is 132 Å². The Hall–Kier alpha value is -0.0400. The fraction of sp³-hybridized carbons (Fsp3) is 1.00. The third-order valence-corrected chi connectivity index (χ3v) is 12.6. The van der Waals surface area contributed by atoms with Crippen LogP contribution in [0.2, 0.25) is 0 Å². The minimum Gasteiger partial charge on any atom is -0.393 e. The average molecular weight is 431 g/mol. The topological polar surface area (TPSA) is 20.2 Å². The quantitative estimate of drug-likeness (QED) is 0.463. The van der Waals surface area contributed by atoms with E-state index in [2.05, 4.69) is 55.4 Å². The molecule has 0 heterocycles. The van der Waals surface area contributed by atoms with E-state index < -0.39 is 0 Å². The zero-order chi connectivity index (χ0) is 22.8. The summed E-state index contributed by atoms with van der Waals surface area (Å²) in [7, 11) is 0. The summed E-state index contributed by atoms with van der Waals surface area (Å²) in [5.74, 6) is 5.16. The molecule has 4 aliphatic rings. The van der Waals surface area contributed by atoms with Gasteiger partial charge in [-0.05, 0) is 109 Å². The second kappa shape index (κ2) is 8.02. The van der Waals surface area contributed by atoms with Gasteiger partial charge in [-0.25, -0.2) is 0 Å². The van der Waals surface area contributed by atoms with E-state index in [1.54, 1.807) is 0 Å². The van der Waals surface area contributed by atoms with E-state index in [1.807, 2.05) is 0 Å². The van der Waals surface area contributed by atoms with Crippen molar-refractivity contribution < 1.29 is 5.11 Å². The van der Waals surface area contributed by atoms with Crippen molar-refractivity contribution in [3.63, 3.8) is 0 Å². The van der Waals surface area contributed by atoms with E-state index in [-0.39, 0.29) is 11.5 Å². The minimum atomic E-state index is -0.103. The Labute approximate surface area is 194 Å². The second-order valence-corrected chi connectivity index (χ2v) is 14.5. The summed E-state index contributed by atoms with van der Waals surface area (Å²) in [6.07, 6.45) is 15.0. The molecule has 1 heteroatoms. The molecule has 4 aliphatic carbocycles. The van der Waals surface area contributed by atoms with Crippen LogP contribution in [0, 0.1) is 57.2 Å². The zero-order valence-corrected chi connectivity index (χ0v) is 22.3. The van der Waals surface area contributed by atoms with E-state index in [0.29, 0.717) is 22.2 Å². The summed E-state index contributed by atoms with van der Waals surface area (Å²) in [4.78, 5) is 0. The Morgan fingerprint density at radius 1 is 0.742 bits per heavy atom. The predicted octanol–water partition coefficient (Wildman–Crippen LogP) is 8.49. The molecule has 4 rings (SSSR count). The van der Waals surface area contributed by atoms with Crippen molar-refractivity contribution in [3.05, 3.63) is 0 Å². The molecule has 0 saturated heterocycles. The van der Waals surface area contributed by atoms with Crippen molar-refractivity contribution in [1.82, 2.24) is 0 Å². The molecule has 31 heavy (non-hydrogen) atoms. The minimum absolute atomic E-state index is 0.0861. The Morgan fingerprint density at radius 2 is 1.42 bits per heavy atom. The fourth-order valence-electron chi connectivity index (χ4n) is 10.5. The van der Waals surface area contributed by atoms with Crippen LogP contribution in [-0.4, -0.2) is 11.2 Å². The van der Waals surface area contributed by atoms with Crippen LogP contribution < -0.4 is 0 Å². The molecular weight excluding hydrogens is 376 g/mol. The highest BCUT2D eigenvalue weighted by atomic mass is 16.3. The Bertz CT molecular complexity index is 651. The van der Waals surface area contributed by atoms with Gasteiger partial charge in [0, 0.05) is 0 Å². The number of rotatable bonds is 5. The first-order valence-corrected chi connectivity index (χ1v) is 14.1. The highest BCUT2D eigenvalue weighted by molar-refractivity contribution is 5.16. The van der Waals surface area contributed by atoms with Gasteiger partial charge >= 0.3 is 0 Å². The summed E-state index contributed by atoms with van der Waals surface area (Å²) >= 11 is 0. The summed E-state index contributed by atoms with van der Waals surface area (Å²) in [6, 6.07) is 0. The number of hydrogen-bond acceptors (Lipinski definition) is 1. The lowest BCUT2D eigenvalue weighted by Gasteiger charge is -2.67. The van der Waals surface area contributed by atoms with E-state index in [4.69, 9.17) is 0 Å². The third-order valence-electron chi connectivity index (χ3n) is 12.6. The van der Waals surface area contributed by atoms with Crippen LogP contribution >= 0.6 is 0 Å². The maximum absolute atomic E-state index is 10.8. The molecule has 2 unspecified atom stereocenters. The number of aliphatic hydroxyl groups excluding tert-OH is 1. The lowest BCUT2D eigenvalue weighted by Crippen LogP contribution is -2.61. The van der Waals surface area contributed by atoms with Gasteiger partial charge in [-0.15, -0.1) is 0 Å². The van der Waals surface area contributed by atoms with Gasteiger partial charge in [-0.1, -0.05) is 74.7 Å². The van der Waals surface area contributed by atoms with E-state index in [9.17, 15) is 5.11 Å². The molecule has 0 aromatic carbocycles. The normalized spacial score (nSPS) is 49.9. The van der Waals surface area contributed by atoms with Gasteiger partial charge in [0.25, 0.3) is 0 Å². The first kappa shape index (κ1) is 24.1. The van der Waals surface area contributed by atoms with Crippen molar-refractivity contribution in [2.24, 2.45) is 57.2 Å². The van der Waals surface area contributed by atoms with Crippen molar-refractivity contribution in [1.29, 1.82) is 0 Å². The van der Waals surface area contributed by atoms with Crippen molar-refractivity contribution in [3.8, 4) is 0 Å². The van der Waals surface area contributed by atoms with Crippen LogP contribution in [0.15, 0.2) is 0 Å². The lowest BCUT2D eigenvalue weighted by molar-refractivity contribution is -0.200. The summed E-state index contributed by atoms with van der Waals surface area (Å²) in [5.41, 5.74) is 1.60. The fourth-order valence-corrected chi connectivity index (χ4v) is 10.5. The summed E-state index contributed by atoms with van der Waals surface area (Å²) < 4.78 is 0. The first-order chi connectivity index (χ1) is 14.4. The molecule has 0 aliphatic heterocycles. The highest BCUT2D eigenvalue weighted by Crippen LogP contribution is 2.74. The van der Waals surface area contributed by atoms with Crippen LogP contribution in [-0.2, 0) is 0 Å². The predicted molar refractivity (Wildman–Crippen MR) is 133 cm³/mol. The van der Waals surface area contributed by atoms with Crippen LogP contribution in [0.3, 0.4) is 0 Å². The molecular formula is C30H54O. The van der Waals surface area contributed by atoms with Crippen LogP contribution in [0.5, 0.6) is 0 Å². The standard InChI is InChI=1S/C30H54O/c1-20(2)10-9-11-21(3)22-14-18-30(8)24-12-13-25-27(4,5)26(31)16-17-28(25,6)23(24)15-19-29(22,30)7/h20-26,31H,9-19H2,1-8H3/t21-,22-,23-,24+,25?,26?,28+,29-,30+/m0/s1. The van der Waals surface area contributed by atoms with Gasteiger partial charge in [0.05, 0.1) is 6.10 Å². The molecule has 0 aromatic rings. The SMILES string of the molecule is CC(C)CCC[C@H](C)[C@@H]1CC[C@]2(C)[C@@H]3CCC4C(C)(C)C(O)CC[C@]4(C)[C@H]3CC[C@@]12C. The maximum Gasteiger partial charge on any atom is 0.0594 e. The van der Waals surface area contributed by atoms with E-state index in [0.717, 1.165) is 36.0 Å². The van der Waals surface area contributed by atoms with E-state index in [1.165, 1.54) is 64.2 Å². The first-order valence-electron chi connectivity index (χ1n) is 14.1. The molecule has 0 spiro atoms. The average Bonchev–Trinajstić information content (AvgIpc) is 2.96. The second-order valence-electron chi connectivity index (χ2n) is 14.5. The number of fused-ring (bicyclic) bond motifs is 5.